The fourth-order valence-electron chi connectivity index (χ4n) is 1.82. The van der Waals surface area contributed by atoms with Crippen molar-refractivity contribution in [2.75, 3.05) is 20.3 Å². The molecule has 2 aromatic heterocycles. The summed E-state index contributed by atoms with van der Waals surface area (Å²) in [7, 11) is 1.70. The van der Waals surface area contributed by atoms with E-state index in [4.69, 9.17) is 4.74 Å². The summed E-state index contributed by atoms with van der Waals surface area (Å²) in [6.07, 6.45) is 8.62. The summed E-state index contributed by atoms with van der Waals surface area (Å²) in [5.74, 6) is 0. The molecule has 0 bridgehead atoms. The van der Waals surface area contributed by atoms with Crippen LogP contribution in [0.4, 0.5) is 0 Å². The molecule has 0 fully saturated rings. The van der Waals surface area contributed by atoms with Crippen LogP contribution in [0.25, 0.3) is 0 Å². The minimum absolute atomic E-state index is 0.725. The van der Waals surface area contributed by atoms with E-state index >= 15 is 0 Å². The SMILES string of the molecule is COCCNCc1cn(CCc2ccncc2)cn1. The molecule has 0 atom stereocenters. The Morgan fingerprint density at radius 3 is 2.95 bits per heavy atom. The van der Waals surface area contributed by atoms with E-state index in [-0.39, 0.29) is 0 Å². The number of hydrogen-bond donors (Lipinski definition) is 1. The third-order valence-corrected chi connectivity index (χ3v) is 2.88. The van der Waals surface area contributed by atoms with Gasteiger partial charge in [-0.15, -0.1) is 0 Å². The van der Waals surface area contributed by atoms with Gasteiger partial charge in [-0.05, 0) is 24.1 Å². The van der Waals surface area contributed by atoms with E-state index in [9.17, 15) is 0 Å². The van der Waals surface area contributed by atoms with Crippen LogP contribution in [0.3, 0.4) is 0 Å². The Kier molecular flexibility index (Phi) is 5.52. The molecule has 19 heavy (non-hydrogen) atoms. The van der Waals surface area contributed by atoms with Crippen LogP contribution in [0.5, 0.6) is 0 Å². The summed E-state index contributed by atoms with van der Waals surface area (Å²) in [4.78, 5) is 8.39. The number of methoxy groups -OCH3 is 1. The second kappa shape index (κ2) is 7.66. The van der Waals surface area contributed by atoms with Gasteiger partial charge in [0.1, 0.15) is 0 Å². The fraction of sp³-hybridized carbons (Fsp3) is 0.429. The lowest BCUT2D eigenvalue weighted by Gasteiger charge is -2.02. The summed E-state index contributed by atoms with van der Waals surface area (Å²) in [5.41, 5.74) is 2.36. The zero-order chi connectivity index (χ0) is 13.3. The van der Waals surface area contributed by atoms with E-state index in [1.807, 2.05) is 30.9 Å². The monoisotopic (exact) mass is 260 g/mol. The highest BCUT2D eigenvalue weighted by molar-refractivity contribution is 5.09. The third-order valence-electron chi connectivity index (χ3n) is 2.88. The van der Waals surface area contributed by atoms with Crippen molar-refractivity contribution >= 4 is 0 Å². The highest BCUT2D eigenvalue weighted by Gasteiger charge is 1.99. The van der Waals surface area contributed by atoms with Crippen LogP contribution in [0.1, 0.15) is 11.3 Å². The maximum Gasteiger partial charge on any atom is 0.0950 e. The van der Waals surface area contributed by atoms with Crippen LogP contribution in [-0.2, 0) is 24.2 Å². The van der Waals surface area contributed by atoms with Crippen molar-refractivity contribution in [3.63, 3.8) is 0 Å². The molecule has 0 radical (unpaired) electrons. The number of rotatable bonds is 8. The van der Waals surface area contributed by atoms with Crippen molar-refractivity contribution in [2.24, 2.45) is 0 Å². The molecule has 0 saturated carbocycles. The molecule has 2 rings (SSSR count). The maximum atomic E-state index is 4.98. The molecule has 0 aliphatic rings. The Balaban J connectivity index is 1.74. The van der Waals surface area contributed by atoms with Crippen LogP contribution in [-0.4, -0.2) is 34.8 Å². The lowest BCUT2D eigenvalue weighted by atomic mass is 10.2. The van der Waals surface area contributed by atoms with Gasteiger partial charge >= 0.3 is 0 Å². The number of ether oxygens (including phenoxy) is 1. The molecule has 2 aromatic rings. The molecule has 0 spiro atoms. The molecular weight excluding hydrogens is 240 g/mol. The summed E-state index contributed by atoms with van der Waals surface area (Å²) in [6, 6.07) is 4.09. The molecule has 0 amide bonds. The predicted octanol–water partition coefficient (Wildman–Crippen LogP) is 1.26. The van der Waals surface area contributed by atoms with Gasteiger partial charge in [0.05, 0.1) is 18.6 Å². The van der Waals surface area contributed by atoms with Gasteiger partial charge in [-0.25, -0.2) is 4.98 Å². The highest BCUT2D eigenvalue weighted by Crippen LogP contribution is 2.02. The van der Waals surface area contributed by atoms with E-state index < -0.39 is 0 Å². The van der Waals surface area contributed by atoms with Gasteiger partial charge in [0.15, 0.2) is 0 Å². The summed E-state index contributed by atoms with van der Waals surface area (Å²) < 4.78 is 7.10. The molecule has 0 aliphatic carbocycles. The number of imidazole rings is 1. The lowest BCUT2D eigenvalue weighted by molar-refractivity contribution is 0.199. The van der Waals surface area contributed by atoms with Gasteiger partial charge in [-0.3, -0.25) is 4.98 Å². The van der Waals surface area contributed by atoms with E-state index in [0.29, 0.717) is 0 Å². The number of hydrogen-bond acceptors (Lipinski definition) is 4. The third kappa shape index (κ3) is 4.81. The molecule has 0 aromatic carbocycles. The van der Waals surface area contributed by atoms with E-state index in [1.54, 1.807) is 7.11 Å². The number of aromatic nitrogens is 3. The first kappa shape index (κ1) is 13.7. The Morgan fingerprint density at radius 2 is 2.16 bits per heavy atom. The number of nitrogens with one attached hydrogen (secondary N) is 1. The molecule has 2 heterocycles. The van der Waals surface area contributed by atoms with E-state index in [0.717, 1.165) is 38.4 Å². The Bertz CT molecular complexity index is 469. The zero-order valence-corrected chi connectivity index (χ0v) is 11.2. The van der Waals surface area contributed by atoms with Crippen molar-refractivity contribution in [2.45, 2.75) is 19.5 Å². The summed E-state index contributed by atoms with van der Waals surface area (Å²) >= 11 is 0. The van der Waals surface area contributed by atoms with Crippen molar-refractivity contribution in [1.29, 1.82) is 0 Å². The average molecular weight is 260 g/mol. The minimum atomic E-state index is 0.725. The van der Waals surface area contributed by atoms with Gasteiger partial charge in [0.2, 0.25) is 0 Å². The first-order valence-corrected chi connectivity index (χ1v) is 6.47. The second-order valence-corrected chi connectivity index (χ2v) is 4.38. The van der Waals surface area contributed by atoms with Crippen LogP contribution in [0.15, 0.2) is 37.1 Å². The van der Waals surface area contributed by atoms with Crippen molar-refractivity contribution < 1.29 is 4.74 Å². The normalized spacial score (nSPS) is 10.8. The molecule has 5 heteroatoms. The first-order valence-electron chi connectivity index (χ1n) is 6.47. The average Bonchev–Trinajstić information content (AvgIpc) is 2.91. The maximum absolute atomic E-state index is 4.98. The molecule has 5 nitrogen and oxygen atoms in total. The summed E-state index contributed by atoms with van der Waals surface area (Å²) in [5, 5.41) is 3.28. The van der Waals surface area contributed by atoms with Crippen LogP contribution < -0.4 is 5.32 Å². The van der Waals surface area contributed by atoms with Crippen LogP contribution in [0.2, 0.25) is 0 Å². The van der Waals surface area contributed by atoms with Gasteiger partial charge in [0, 0.05) is 45.3 Å². The van der Waals surface area contributed by atoms with E-state index in [2.05, 4.69) is 26.0 Å². The molecule has 102 valence electrons. The lowest BCUT2D eigenvalue weighted by Crippen LogP contribution is -2.18. The highest BCUT2D eigenvalue weighted by atomic mass is 16.5. The standard InChI is InChI=1S/C14H20N4O/c1-19-9-7-16-10-14-11-18(12-17-14)8-4-13-2-5-15-6-3-13/h2-3,5-6,11-12,16H,4,7-10H2,1H3. The Hall–Kier alpha value is -1.72. The van der Waals surface area contributed by atoms with Crippen LogP contribution >= 0.6 is 0 Å². The number of aryl methyl sites for hydroxylation is 2. The molecule has 0 saturated heterocycles. The summed E-state index contributed by atoms with van der Waals surface area (Å²) in [6.45, 7) is 3.30. The minimum Gasteiger partial charge on any atom is -0.383 e. The Labute approximate surface area is 113 Å². The van der Waals surface area contributed by atoms with Crippen molar-refractivity contribution in [3.05, 3.63) is 48.3 Å². The Morgan fingerprint density at radius 1 is 1.32 bits per heavy atom. The predicted molar refractivity (Wildman–Crippen MR) is 73.8 cm³/mol. The topological polar surface area (TPSA) is 52.0 Å². The molecule has 0 aliphatic heterocycles. The fourth-order valence-corrected chi connectivity index (χ4v) is 1.82. The van der Waals surface area contributed by atoms with Gasteiger partial charge in [-0.2, -0.15) is 0 Å². The van der Waals surface area contributed by atoms with Crippen molar-refractivity contribution in [1.82, 2.24) is 19.9 Å². The second-order valence-electron chi connectivity index (χ2n) is 4.38. The zero-order valence-electron chi connectivity index (χ0n) is 11.2. The van der Waals surface area contributed by atoms with E-state index in [1.165, 1.54) is 5.56 Å². The molecular formula is C14H20N4O. The van der Waals surface area contributed by atoms with Crippen LogP contribution in [0, 0.1) is 0 Å². The van der Waals surface area contributed by atoms with Crippen molar-refractivity contribution in [3.8, 4) is 0 Å². The van der Waals surface area contributed by atoms with Gasteiger partial charge < -0.3 is 14.6 Å². The quantitative estimate of drug-likeness (QED) is 0.726. The molecule has 0 unspecified atom stereocenters. The number of nitrogens with zero attached hydrogens (tertiary/aromatic N) is 3. The van der Waals surface area contributed by atoms with Gasteiger partial charge in [-0.1, -0.05) is 0 Å². The molecule has 1 N–H and O–H groups in total. The smallest absolute Gasteiger partial charge is 0.0950 e. The number of pyridine rings is 1. The largest absolute Gasteiger partial charge is 0.383 e. The first-order chi connectivity index (χ1) is 9.38. The van der Waals surface area contributed by atoms with Gasteiger partial charge in [0.25, 0.3) is 0 Å².